The van der Waals surface area contributed by atoms with E-state index in [-0.39, 0.29) is 5.56 Å². The molecule has 0 saturated heterocycles. The molecule has 0 aliphatic carbocycles. The van der Waals surface area contributed by atoms with Gasteiger partial charge in [-0.15, -0.1) is 0 Å². The van der Waals surface area contributed by atoms with Crippen LogP contribution < -0.4 is 10.9 Å². The molecule has 5 heteroatoms. The summed E-state index contributed by atoms with van der Waals surface area (Å²) in [5.74, 6) is 0.372. The van der Waals surface area contributed by atoms with Crippen LogP contribution in [0.3, 0.4) is 0 Å². The minimum Gasteiger partial charge on any atom is -0.326 e. The van der Waals surface area contributed by atoms with Gasteiger partial charge in [-0.05, 0) is 58.7 Å². The van der Waals surface area contributed by atoms with Crippen molar-refractivity contribution in [2.24, 2.45) is 0 Å². The van der Waals surface area contributed by atoms with E-state index in [0.717, 1.165) is 33.2 Å². The van der Waals surface area contributed by atoms with Crippen molar-refractivity contribution in [2.45, 2.75) is 6.92 Å². The summed E-state index contributed by atoms with van der Waals surface area (Å²) < 4.78 is 0. The molecular formula is C24H18N4O. The number of H-pyrrole nitrogens is 1. The van der Waals surface area contributed by atoms with Gasteiger partial charge in [0.25, 0.3) is 5.56 Å². The Morgan fingerprint density at radius 2 is 1.76 bits per heavy atom. The zero-order chi connectivity index (χ0) is 19.8. The Balaban J connectivity index is 1.63. The maximum absolute atomic E-state index is 12.9. The molecule has 0 radical (unpaired) electrons. The molecule has 0 atom stereocenters. The fourth-order valence-corrected chi connectivity index (χ4v) is 3.58. The number of aromatic amines is 1. The molecule has 0 fully saturated rings. The van der Waals surface area contributed by atoms with Gasteiger partial charge in [0, 0.05) is 11.9 Å². The lowest BCUT2D eigenvalue weighted by Crippen LogP contribution is -2.13. The minimum absolute atomic E-state index is 0.221. The molecule has 0 spiro atoms. The number of nitrogens with one attached hydrogen (secondary N) is 2. The van der Waals surface area contributed by atoms with E-state index < -0.39 is 0 Å². The Morgan fingerprint density at radius 1 is 0.897 bits per heavy atom. The molecule has 0 aliphatic heterocycles. The average Bonchev–Trinajstić information content (AvgIpc) is 2.73. The molecule has 2 heterocycles. The van der Waals surface area contributed by atoms with Gasteiger partial charge in [0.05, 0.1) is 5.39 Å². The van der Waals surface area contributed by atoms with E-state index in [2.05, 4.69) is 44.5 Å². The molecule has 2 N–H and O–H groups in total. The molecule has 0 amide bonds. The maximum atomic E-state index is 12.9. The quantitative estimate of drug-likeness (QED) is 0.453. The highest BCUT2D eigenvalue weighted by Gasteiger charge is 2.12. The van der Waals surface area contributed by atoms with Crippen molar-refractivity contribution in [3.05, 3.63) is 94.9 Å². The lowest BCUT2D eigenvalue weighted by atomic mass is 10.00. The predicted molar refractivity (Wildman–Crippen MR) is 118 cm³/mol. The lowest BCUT2D eigenvalue weighted by molar-refractivity contribution is 1.14. The van der Waals surface area contributed by atoms with Crippen LogP contribution in [0.5, 0.6) is 0 Å². The number of rotatable bonds is 3. The van der Waals surface area contributed by atoms with Crippen LogP contribution in [0.4, 0.5) is 11.6 Å². The monoisotopic (exact) mass is 378 g/mol. The summed E-state index contributed by atoms with van der Waals surface area (Å²) in [7, 11) is 0. The van der Waals surface area contributed by atoms with E-state index in [1.54, 1.807) is 6.20 Å². The lowest BCUT2D eigenvalue weighted by Gasteiger charge is -2.09. The van der Waals surface area contributed by atoms with Gasteiger partial charge in [0.2, 0.25) is 5.95 Å². The first kappa shape index (κ1) is 17.1. The van der Waals surface area contributed by atoms with Gasteiger partial charge in [-0.3, -0.25) is 9.78 Å². The van der Waals surface area contributed by atoms with Crippen molar-refractivity contribution < 1.29 is 0 Å². The second kappa shape index (κ2) is 6.87. The first-order valence-electron chi connectivity index (χ1n) is 9.39. The van der Waals surface area contributed by atoms with Crippen LogP contribution in [0.1, 0.15) is 5.56 Å². The van der Waals surface area contributed by atoms with Crippen molar-refractivity contribution in [3.8, 4) is 11.1 Å². The first-order chi connectivity index (χ1) is 14.2. The summed E-state index contributed by atoms with van der Waals surface area (Å²) >= 11 is 0. The van der Waals surface area contributed by atoms with E-state index >= 15 is 0 Å². The third-order valence-electron chi connectivity index (χ3n) is 4.95. The van der Waals surface area contributed by atoms with Crippen molar-refractivity contribution in [3.63, 3.8) is 0 Å². The number of fused-ring (bicyclic) bond motifs is 2. The fourth-order valence-electron chi connectivity index (χ4n) is 3.58. The summed E-state index contributed by atoms with van der Waals surface area (Å²) in [5.41, 5.74) is 3.95. The molecule has 0 unspecified atom stereocenters. The highest BCUT2D eigenvalue weighted by molar-refractivity contribution is 5.95. The molecule has 2 aromatic heterocycles. The predicted octanol–water partition coefficient (Wildman–Crippen LogP) is 5.19. The molecule has 3 aromatic carbocycles. The summed E-state index contributed by atoms with van der Waals surface area (Å²) in [4.78, 5) is 24.7. The molecule has 0 saturated carbocycles. The zero-order valence-electron chi connectivity index (χ0n) is 15.8. The molecule has 5 nitrogen and oxygen atoms in total. The van der Waals surface area contributed by atoms with Crippen LogP contribution >= 0.6 is 0 Å². The van der Waals surface area contributed by atoms with E-state index in [1.165, 1.54) is 0 Å². The summed E-state index contributed by atoms with van der Waals surface area (Å²) in [6.45, 7) is 2.01. The SMILES string of the molecule is Cc1cccc(Nc2nc3nccc(-c4ccc5ccccc5c4)c3c(=O)[nH]2)c1. The van der Waals surface area contributed by atoms with Crippen molar-refractivity contribution in [1.29, 1.82) is 0 Å². The Morgan fingerprint density at radius 3 is 2.62 bits per heavy atom. The van der Waals surface area contributed by atoms with Crippen LogP contribution in [0, 0.1) is 6.92 Å². The molecule has 5 rings (SSSR count). The summed E-state index contributed by atoms with van der Waals surface area (Å²) in [6, 6.07) is 24.1. The number of aryl methyl sites for hydroxylation is 1. The van der Waals surface area contributed by atoms with Crippen LogP contribution in [0.25, 0.3) is 32.9 Å². The highest BCUT2D eigenvalue weighted by atomic mass is 16.1. The maximum Gasteiger partial charge on any atom is 0.262 e. The standard InChI is InChI=1S/C24H18N4O/c1-15-5-4-8-19(13-15)26-24-27-22-21(23(29)28-24)20(11-12-25-22)18-10-9-16-6-2-3-7-17(16)14-18/h2-14H,1H3,(H2,25,26,27,28,29). The van der Waals surface area contributed by atoms with Crippen molar-refractivity contribution >= 4 is 33.4 Å². The van der Waals surface area contributed by atoms with Crippen molar-refractivity contribution in [1.82, 2.24) is 15.0 Å². The molecule has 140 valence electrons. The number of nitrogens with zero attached hydrogens (tertiary/aromatic N) is 2. The average molecular weight is 378 g/mol. The first-order valence-corrected chi connectivity index (χ1v) is 9.39. The van der Waals surface area contributed by atoms with Crippen LogP contribution in [-0.4, -0.2) is 15.0 Å². The fraction of sp³-hybridized carbons (Fsp3) is 0.0417. The Bertz CT molecular complexity index is 1420. The molecule has 0 bridgehead atoms. The number of pyridine rings is 1. The summed E-state index contributed by atoms with van der Waals surface area (Å²) in [5, 5.41) is 5.92. The van der Waals surface area contributed by atoms with E-state index in [0.29, 0.717) is 17.0 Å². The molecule has 0 aliphatic rings. The highest BCUT2D eigenvalue weighted by Crippen LogP contribution is 2.28. The Hall–Kier alpha value is -3.99. The molecule has 5 aromatic rings. The number of anilines is 2. The van der Waals surface area contributed by atoms with E-state index in [9.17, 15) is 4.79 Å². The largest absolute Gasteiger partial charge is 0.326 e. The van der Waals surface area contributed by atoms with E-state index in [1.807, 2.05) is 55.5 Å². The van der Waals surface area contributed by atoms with Crippen LogP contribution in [-0.2, 0) is 0 Å². The summed E-state index contributed by atoms with van der Waals surface area (Å²) in [6.07, 6.45) is 1.69. The van der Waals surface area contributed by atoms with Crippen LogP contribution in [0.2, 0.25) is 0 Å². The van der Waals surface area contributed by atoms with Gasteiger partial charge in [0.1, 0.15) is 0 Å². The molecular weight excluding hydrogens is 360 g/mol. The smallest absolute Gasteiger partial charge is 0.262 e. The van der Waals surface area contributed by atoms with Gasteiger partial charge in [-0.25, -0.2) is 4.98 Å². The number of hydrogen-bond acceptors (Lipinski definition) is 4. The third kappa shape index (κ3) is 3.23. The van der Waals surface area contributed by atoms with Gasteiger partial charge in [0.15, 0.2) is 5.65 Å². The van der Waals surface area contributed by atoms with Crippen molar-refractivity contribution in [2.75, 3.05) is 5.32 Å². The number of hydrogen-bond donors (Lipinski definition) is 2. The normalized spacial score (nSPS) is 11.1. The number of aromatic nitrogens is 3. The van der Waals surface area contributed by atoms with Gasteiger partial charge < -0.3 is 5.32 Å². The van der Waals surface area contributed by atoms with Gasteiger partial charge >= 0.3 is 0 Å². The molecule has 29 heavy (non-hydrogen) atoms. The van der Waals surface area contributed by atoms with Gasteiger partial charge in [-0.1, -0.05) is 48.5 Å². The second-order valence-electron chi connectivity index (χ2n) is 7.03. The van der Waals surface area contributed by atoms with Gasteiger partial charge in [-0.2, -0.15) is 4.98 Å². The third-order valence-corrected chi connectivity index (χ3v) is 4.95. The Kier molecular flexibility index (Phi) is 4.06. The van der Waals surface area contributed by atoms with Crippen LogP contribution in [0.15, 0.2) is 83.8 Å². The Labute approximate surface area is 167 Å². The van der Waals surface area contributed by atoms with E-state index in [4.69, 9.17) is 0 Å². The minimum atomic E-state index is -0.221. The second-order valence-corrected chi connectivity index (χ2v) is 7.03. The zero-order valence-corrected chi connectivity index (χ0v) is 15.8. The topological polar surface area (TPSA) is 70.7 Å². The number of benzene rings is 3.